The van der Waals surface area contributed by atoms with E-state index in [1.165, 1.54) is 0 Å². The van der Waals surface area contributed by atoms with Crippen molar-refractivity contribution < 1.29 is 4.79 Å². The fourth-order valence-electron chi connectivity index (χ4n) is 2.04. The van der Waals surface area contributed by atoms with Crippen LogP contribution in [-0.4, -0.2) is 19.0 Å². The summed E-state index contributed by atoms with van der Waals surface area (Å²) in [5.41, 5.74) is 0.406. The Morgan fingerprint density at radius 2 is 1.94 bits per heavy atom. The van der Waals surface area contributed by atoms with Crippen LogP contribution in [0.4, 0.5) is 5.69 Å². The number of hydrogen-bond acceptors (Lipinski definition) is 2. The largest absolute Gasteiger partial charge is 0.324 e. The first-order valence-corrected chi connectivity index (χ1v) is 6.26. The predicted octanol–water partition coefficient (Wildman–Crippen LogP) is 3.09. The van der Waals surface area contributed by atoms with Gasteiger partial charge in [-0.25, -0.2) is 0 Å². The first-order chi connectivity index (χ1) is 8.12. The highest BCUT2D eigenvalue weighted by atomic mass is 35.5. The second kappa shape index (κ2) is 6.41. The van der Waals surface area contributed by atoms with Crippen LogP contribution in [0.1, 0.15) is 19.8 Å². The van der Waals surface area contributed by atoms with Crippen LogP contribution < -0.4 is 10.6 Å². The monoisotopic (exact) mass is 288 g/mol. The molecule has 5 heteroatoms. The Morgan fingerprint density at radius 1 is 1.33 bits per heavy atom. The number of anilines is 1. The Bertz CT molecular complexity index is 417. The van der Waals surface area contributed by atoms with E-state index < -0.39 is 0 Å². The first-order valence-electron chi connectivity index (χ1n) is 5.88. The van der Waals surface area contributed by atoms with Crippen molar-refractivity contribution in [1.82, 2.24) is 5.32 Å². The van der Waals surface area contributed by atoms with Crippen LogP contribution in [0.15, 0.2) is 24.3 Å². The molecule has 1 heterocycles. The van der Waals surface area contributed by atoms with Crippen molar-refractivity contribution in [3.63, 3.8) is 0 Å². The van der Waals surface area contributed by atoms with Crippen LogP contribution in [0, 0.1) is 5.41 Å². The Labute approximate surface area is 119 Å². The molecule has 2 rings (SSSR count). The summed E-state index contributed by atoms with van der Waals surface area (Å²) >= 11 is 6.03. The lowest BCUT2D eigenvalue weighted by Crippen LogP contribution is -2.42. The summed E-state index contributed by atoms with van der Waals surface area (Å²) in [6.45, 7) is 3.80. The highest BCUT2D eigenvalue weighted by molar-refractivity contribution is 6.33. The lowest BCUT2D eigenvalue weighted by molar-refractivity contribution is -0.126. The number of amides is 1. The van der Waals surface area contributed by atoms with Gasteiger partial charge in [-0.1, -0.05) is 30.7 Å². The Hall–Kier alpha value is -0.770. The summed E-state index contributed by atoms with van der Waals surface area (Å²) in [4.78, 5) is 12.2. The van der Waals surface area contributed by atoms with Crippen molar-refractivity contribution in [2.75, 3.05) is 18.4 Å². The first kappa shape index (κ1) is 15.3. The molecule has 1 saturated heterocycles. The topological polar surface area (TPSA) is 41.1 Å². The molecule has 1 aromatic carbocycles. The molecule has 2 N–H and O–H groups in total. The number of carbonyl (C=O) groups is 1. The van der Waals surface area contributed by atoms with Gasteiger partial charge >= 0.3 is 0 Å². The van der Waals surface area contributed by atoms with Crippen LogP contribution >= 0.6 is 24.0 Å². The normalized spacial score (nSPS) is 17.7. The van der Waals surface area contributed by atoms with Gasteiger partial charge in [-0.2, -0.15) is 0 Å². The van der Waals surface area contributed by atoms with Crippen LogP contribution in [0.2, 0.25) is 5.02 Å². The minimum atomic E-state index is -0.287. The highest BCUT2D eigenvalue weighted by Gasteiger charge is 2.34. The van der Waals surface area contributed by atoms with E-state index >= 15 is 0 Å². The molecule has 100 valence electrons. The van der Waals surface area contributed by atoms with Crippen molar-refractivity contribution in [1.29, 1.82) is 0 Å². The Morgan fingerprint density at radius 3 is 2.56 bits per heavy atom. The maximum atomic E-state index is 12.2. The third kappa shape index (κ3) is 3.37. The zero-order valence-electron chi connectivity index (χ0n) is 10.3. The SMILES string of the molecule is CC1(C(=O)Nc2ccccc2Cl)CCNCC1.Cl. The predicted molar refractivity (Wildman–Crippen MR) is 77.5 cm³/mol. The fourth-order valence-corrected chi connectivity index (χ4v) is 2.22. The van der Waals surface area contributed by atoms with E-state index in [1.807, 2.05) is 25.1 Å². The summed E-state index contributed by atoms with van der Waals surface area (Å²) in [5, 5.41) is 6.77. The van der Waals surface area contributed by atoms with Gasteiger partial charge in [0.2, 0.25) is 5.91 Å². The van der Waals surface area contributed by atoms with Crippen molar-refractivity contribution in [3.05, 3.63) is 29.3 Å². The van der Waals surface area contributed by atoms with Gasteiger partial charge in [0, 0.05) is 5.41 Å². The van der Waals surface area contributed by atoms with E-state index in [0.717, 1.165) is 25.9 Å². The van der Waals surface area contributed by atoms with E-state index in [4.69, 9.17) is 11.6 Å². The minimum Gasteiger partial charge on any atom is -0.324 e. The van der Waals surface area contributed by atoms with E-state index in [1.54, 1.807) is 6.07 Å². The molecule has 1 aromatic rings. The molecule has 1 fully saturated rings. The third-order valence-electron chi connectivity index (χ3n) is 3.38. The molecule has 1 amide bonds. The lowest BCUT2D eigenvalue weighted by atomic mass is 9.80. The average Bonchev–Trinajstić information content (AvgIpc) is 2.33. The van der Waals surface area contributed by atoms with E-state index in [0.29, 0.717) is 10.7 Å². The summed E-state index contributed by atoms with van der Waals surface area (Å²) < 4.78 is 0. The van der Waals surface area contributed by atoms with E-state index in [-0.39, 0.29) is 23.7 Å². The van der Waals surface area contributed by atoms with Gasteiger partial charge in [-0.05, 0) is 38.1 Å². The maximum absolute atomic E-state index is 12.2. The van der Waals surface area contributed by atoms with E-state index in [2.05, 4.69) is 10.6 Å². The maximum Gasteiger partial charge on any atom is 0.230 e. The quantitative estimate of drug-likeness (QED) is 0.878. The summed E-state index contributed by atoms with van der Waals surface area (Å²) in [7, 11) is 0. The van der Waals surface area contributed by atoms with Crippen LogP contribution in [0.3, 0.4) is 0 Å². The number of halogens is 2. The van der Waals surface area contributed by atoms with Gasteiger partial charge in [0.15, 0.2) is 0 Å². The molecular weight excluding hydrogens is 271 g/mol. The number of nitrogens with one attached hydrogen (secondary N) is 2. The number of hydrogen-bond donors (Lipinski definition) is 2. The van der Waals surface area contributed by atoms with Gasteiger partial charge in [0.25, 0.3) is 0 Å². The Balaban J connectivity index is 0.00000162. The summed E-state index contributed by atoms with van der Waals surface area (Å²) in [5.74, 6) is 0.0621. The van der Waals surface area contributed by atoms with E-state index in [9.17, 15) is 4.79 Å². The van der Waals surface area contributed by atoms with Crippen molar-refractivity contribution in [2.24, 2.45) is 5.41 Å². The zero-order chi connectivity index (χ0) is 12.3. The van der Waals surface area contributed by atoms with Gasteiger partial charge in [0.1, 0.15) is 0 Å². The molecule has 0 aliphatic carbocycles. The number of carbonyl (C=O) groups excluding carboxylic acids is 1. The van der Waals surface area contributed by atoms with Crippen molar-refractivity contribution in [3.8, 4) is 0 Å². The van der Waals surface area contributed by atoms with Crippen molar-refractivity contribution >= 4 is 35.6 Å². The number of piperidine rings is 1. The molecule has 0 saturated carbocycles. The standard InChI is InChI=1S/C13H17ClN2O.ClH/c1-13(6-8-15-9-7-13)12(17)16-11-5-3-2-4-10(11)14;/h2-5,15H,6-9H2,1H3,(H,16,17);1H. The molecular formula is C13H18Cl2N2O. The zero-order valence-corrected chi connectivity index (χ0v) is 11.9. The average molecular weight is 289 g/mol. The molecule has 0 aromatic heterocycles. The van der Waals surface area contributed by atoms with Crippen LogP contribution in [0.5, 0.6) is 0 Å². The molecule has 0 bridgehead atoms. The van der Waals surface area contributed by atoms with Crippen LogP contribution in [0.25, 0.3) is 0 Å². The summed E-state index contributed by atoms with van der Waals surface area (Å²) in [6.07, 6.45) is 1.73. The molecule has 3 nitrogen and oxygen atoms in total. The van der Waals surface area contributed by atoms with Gasteiger partial charge < -0.3 is 10.6 Å². The lowest BCUT2D eigenvalue weighted by Gasteiger charge is -2.32. The molecule has 18 heavy (non-hydrogen) atoms. The molecule has 0 radical (unpaired) electrons. The number of para-hydroxylation sites is 1. The second-order valence-electron chi connectivity index (χ2n) is 4.74. The highest BCUT2D eigenvalue weighted by Crippen LogP contribution is 2.30. The van der Waals surface area contributed by atoms with Crippen LogP contribution in [-0.2, 0) is 4.79 Å². The smallest absolute Gasteiger partial charge is 0.230 e. The number of benzene rings is 1. The molecule has 0 spiro atoms. The van der Waals surface area contributed by atoms with Gasteiger partial charge in [0.05, 0.1) is 10.7 Å². The molecule has 0 unspecified atom stereocenters. The van der Waals surface area contributed by atoms with Gasteiger partial charge in [-0.3, -0.25) is 4.79 Å². The fraction of sp³-hybridized carbons (Fsp3) is 0.462. The summed E-state index contributed by atoms with van der Waals surface area (Å²) in [6, 6.07) is 7.32. The van der Waals surface area contributed by atoms with Crippen molar-refractivity contribution in [2.45, 2.75) is 19.8 Å². The molecule has 1 aliphatic heterocycles. The molecule has 0 atom stereocenters. The minimum absolute atomic E-state index is 0. The third-order valence-corrected chi connectivity index (χ3v) is 3.71. The second-order valence-corrected chi connectivity index (χ2v) is 5.15. The van der Waals surface area contributed by atoms with Gasteiger partial charge in [-0.15, -0.1) is 12.4 Å². The number of rotatable bonds is 2. The molecule has 1 aliphatic rings. The Kier molecular flexibility index (Phi) is 5.45.